The van der Waals surface area contributed by atoms with E-state index in [9.17, 15) is 0 Å². The standard InChI is InChI=1S/C53H30N4O2/c1-2-12-33-28-35(21-20-31(33)10-1)51-54-52(36-22-25-41-40-15-6-8-19-45(40)59-48(41)30-36)56-53(55-51)57-44-18-7-5-14-39(44)42-17-9-16-38(50(42)57)34-24-26-46-43(29-34)49-37-13-4-3-11-32(37)23-27-47(49)58-46/h1-30H. The fourth-order valence-electron chi connectivity index (χ4n) is 9.09. The summed E-state index contributed by atoms with van der Waals surface area (Å²) in [4.78, 5) is 15.8. The maximum Gasteiger partial charge on any atom is 0.238 e. The van der Waals surface area contributed by atoms with E-state index in [4.69, 9.17) is 23.8 Å². The molecule has 0 aliphatic heterocycles. The Hall–Kier alpha value is -8.09. The summed E-state index contributed by atoms with van der Waals surface area (Å²) in [5, 5.41) is 11.2. The number of hydrogen-bond donors (Lipinski definition) is 0. The van der Waals surface area contributed by atoms with E-state index < -0.39 is 0 Å². The van der Waals surface area contributed by atoms with Crippen molar-refractivity contribution in [1.82, 2.24) is 19.5 Å². The maximum atomic E-state index is 6.42. The molecule has 274 valence electrons. The van der Waals surface area contributed by atoms with Gasteiger partial charge in [0.2, 0.25) is 5.95 Å². The summed E-state index contributed by atoms with van der Waals surface area (Å²) >= 11 is 0. The van der Waals surface area contributed by atoms with Crippen molar-refractivity contribution >= 4 is 87.2 Å². The summed E-state index contributed by atoms with van der Waals surface area (Å²) in [5.74, 6) is 1.67. The molecule has 0 aliphatic rings. The van der Waals surface area contributed by atoms with Gasteiger partial charge in [-0.3, -0.25) is 4.57 Å². The Balaban J connectivity index is 1.09. The van der Waals surface area contributed by atoms with E-state index in [1.54, 1.807) is 0 Å². The third-order valence-electron chi connectivity index (χ3n) is 11.8. The number of furan rings is 2. The summed E-state index contributed by atoms with van der Waals surface area (Å²) in [5.41, 5.74) is 9.27. The molecule has 0 amide bonds. The smallest absolute Gasteiger partial charge is 0.238 e. The first-order chi connectivity index (χ1) is 29.2. The number of nitrogens with zero attached hydrogens (tertiary/aromatic N) is 4. The Morgan fingerprint density at radius 3 is 1.88 bits per heavy atom. The zero-order valence-corrected chi connectivity index (χ0v) is 31.4. The third-order valence-corrected chi connectivity index (χ3v) is 11.8. The number of para-hydroxylation sites is 3. The molecular weight excluding hydrogens is 725 g/mol. The van der Waals surface area contributed by atoms with Crippen LogP contribution < -0.4 is 0 Å². The molecule has 13 rings (SSSR count). The topological polar surface area (TPSA) is 69.9 Å². The van der Waals surface area contributed by atoms with Crippen molar-refractivity contribution in [3.05, 3.63) is 182 Å². The molecule has 59 heavy (non-hydrogen) atoms. The van der Waals surface area contributed by atoms with Gasteiger partial charge in [0, 0.05) is 49.0 Å². The monoisotopic (exact) mass is 754 g/mol. The fraction of sp³-hybridized carbons (Fsp3) is 0. The van der Waals surface area contributed by atoms with Crippen molar-refractivity contribution in [1.29, 1.82) is 0 Å². The van der Waals surface area contributed by atoms with E-state index in [0.717, 1.165) is 98.7 Å². The van der Waals surface area contributed by atoms with Gasteiger partial charge in [-0.2, -0.15) is 9.97 Å². The van der Waals surface area contributed by atoms with E-state index in [1.165, 1.54) is 10.8 Å². The number of aromatic nitrogens is 4. The van der Waals surface area contributed by atoms with Gasteiger partial charge in [-0.05, 0) is 75.6 Å². The van der Waals surface area contributed by atoms with Gasteiger partial charge in [-0.15, -0.1) is 0 Å². The predicted molar refractivity (Wildman–Crippen MR) is 240 cm³/mol. The van der Waals surface area contributed by atoms with Crippen molar-refractivity contribution in [3.8, 4) is 39.9 Å². The van der Waals surface area contributed by atoms with Crippen molar-refractivity contribution < 1.29 is 8.83 Å². The lowest BCUT2D eigenvalue weighted by Crippen LogP contribution is -2.07. The Morgan fingerprint density at radius 2 is 0.983 bits per heavy atom. The van der Waals surface area contributed by atoms with Crippen LogP contribution in [0.1, 0.15) is 0 Å². The second kappa shape index (κ2) is 12.2. The lowest BCUT2D eigenvalue weighted by molar-refractivity contribution is 0.668. The molecule has 0 N–H and O–H groups in total. The van der Waals surface area contributed by atoms with Gasteiger partial charge in [-0.1, -0.05) is 133 Å². The van der Waals surface area contributed by atoms with Gasteiger partial charge in [0.1, 0.15) is 22.3 Å². The molecule has 0 radical (unpaired) electrons. The lowest BCUT2D eigenvalue weighted by Gasteiger charge is -2.13. The molecule has 0 bridgehead atoms. The number of fused-ring (bicyclic) bond motifs is 12. The largest absolute Gasteiger partial charge is 0.456 e. The molecule has 0 spiro atoms. The molecule has 4 heterocycles. The highest BCUT2D eigenvalue weighted by Crippen LogP contribution is 2.42. The molecule has 0 unspecified atom stereocenters. The first-order valence-electron chi connectivity index (χ1n) is 19.8. The van der Waals surface area contributed by atoms with Crippen molar-refractivity contribution in [2.45, 2.75) is 0 Å². The van der Waals surface area contributed by atoms with Gasteiger partial charge in [0.15, 0.2) is 11.6 Å². The Labute approximate surface area is 336 Å². The second-order valence-electron chi connectivity index (χ2n) is 15.2. The average molecular weight is 755 g/mol. The normalized spacial score (nSPS) is 12.1. The van der Waals surface area contributed by atoms with Crippen LogP contribution >= 0.6 is 0 Å². The Bertz CT molecular complexity index is 3870. The molecule has 0 saturated heterocycles. The number of hydrogen-bond acceptors (Lipinski definition) is 5. The van der Waals surface area contributed by atoms with Crippen LogP contribution in [-0.4, -0.2) is 19.5 Å². The molecule has 6 nitrogen and oxygen atoms in total. The van der Waals surface area contributed by atoms with Crippen LogP contribution in [0.2, 0.25) is 0 Å². The van der Waals surface area contributed by atoms with Gasteiger partial charge < -0.3 is 8.83 Å². The maximum absolute atomic E-state index is 6.42. The van der Waals surface area contributed by atoms with Gasteiger partial charge >= 0.3 is 0 Å². The first-order valence-corrected chi connectivity index (χ1v) is 19.8. The molecular formula is C53H30N4O2. The summed E-state index contributed by atoms with van der Waals surface area (Å²) in [6.45, 7) is 0. The van der Waals surface area contributed by atoms with Crippen molar-refractivity contribution in [2.75, 3.05) is 0 Å². The van der Waals surface area contributed by atoms with E-state index in [2.05, 4.69) is 162 Å². The van der Waals surface area contributed by atoms with Crippen LogP contribution in [-0.2, 0) is 0 Å². The quantitative estimate of drug-likeness (QED) is 0.179. The third kappa shape index (κ3) is 4.84. The van der Waals surface area contributed by atoms with Crippen LogP contribution in [0.15, 0.2) is 191 Å². The average Bonchev–Trinajstić information content (AvgIpc) is 3.98. The zero-order chi connectivity index (χ0) is 38.6. The molecule has 0 saturated carbocycles. The van der Waals surface area contributed by atoms with E-state index in [0.29, 0.717) is 17.6 Å². The fourth-order valence-corrected chi connectivity index (χ4v) is 9.09. The molecule has 0 atom stereocenters. The van der Waals surface area contributed by atoms with E-state index in [1.807, 2.05) is 24.3 Å². The highest BCUT2D eigenvalue weighted by atomic mass is 16.3. The minimum atomic E-state index is 0.530. The molecule has 9 aromatic carbocycles. The van der Waals surface area contributed by atoms with Crippen LogP contribution in [0.4, 0.5) is 0 Å². The Kier molecular flexibility index (Phi) is 6.63. The van der Waals surface area contributed by atoms with Gasteiger partial charge in [-0.25, -0.2) is 4.98 Å². The predicted octanol–water partition coefficient (Wildman–Crippen LogP) is 14.1. The van der Waals surface area contributed by atoms with Crippen molar-refractivity contribution in [2.24, 2.45) is 0 Å². The minimum absolute atomic E-state index is 0.530. The number of rotatable bonds is 4. The van der Waals surface area contributed by atoms with Gasteiger partial charge in [0.05, 0.1) is 11.0 Å². The first kappa shape index (κ1) is 32.0. The SMILES string of the molecule is c1ccc2cc(-c3nc(-c4ccc5c(c4)oc4ccccc45)nc(-n4c5ccccc5c5cccc(-c6ccc7oc8ccc9ccccc9c8c7c6)c54)n3)ccc2c1. The summed E-state index contributed by atoms with van der Waals surface area (Å²) in [6, 6.07) is 63.4. The Morgan fingerprint density at radius 1 is 0.356 bits per heavy atom. The highest BCUT2D eigenvalue weighted by Gasteiger charge is 2.22. The molecule has 0 fully saturated rings. The lowest BCUT2D eigenvalue weighted by atomic mass is 9.98. The summed E-state index contributed by atoms with van der Waals surface area (Å²) in [7, 11) is 0. The van der Waals surface area contributed by atoms with Crippen LogP contribution in [0.5, 0.6) is 0 Å². The van der Waals surface area contributed by atoms with Crippen LogP contribution in [0.3, 0.4) is 0 Å². The van der Waals surface area contributed by atoms with Crippen LogP contribution in [0.25, 0.3) is 127 Å². The van der Waals surface area contributed by atoms with E-state index >= 15 is 0 Å². The summed E-state index contributed by atoms with van der Waals surface area (Å²) in [6.07, 6.45) is 0. The molecule has 4 aromatic heterocycles. The summed E-state index contributed by atoms with van der Waals surface area (Å²) < 4.78 is 15.0. The van der Waals surface area contributed by atoms with Crippen molar-refractivity contribution in [3.63, 3.8) is 0 Å². The van der Waals surface area contributed by atoms with Crippen LogP contribution in [0, 0.1) is 0 Å². The highest BCUT2D eigenvalue weighted by molar-refractivity contribution is 6.20. The second-order valence-corrected chi connectivity index (χ2v) is 15.2. The zero-order valence-electron chi connectivity index (χ0n) is 31.4. The van der Waals surface area contributed by atoms with Gasteiger partial charge in [0.25, 0.3) is 0 Å². The minimum Gasteiger partial charge on any atom is -0.456 e. The molecule has 0 aliphatic carbocycles. The van der Waals surface area contributed by atoms with E-state index in [-0.39, 0.29) is 0 Å². The molecule has 13 aromatic rings. The number of benzene rings is 9. The molecule has 6 heteroatoms.